The zero-order chi connectivity index (χ0) is 26.4. The van der Waals surface area contributed by atoms with E-state index in [1.807, 2.05) is 0 Å². The molecule has 0 saturated carbocycles. The summed E-state index contributed by atoms with van der Waals surface area (Å²) in [6, 6.07) is 15.1. The Bertz CT molecular complexity index is 1400. The van der Waals surface area contributed by atoms with E-state index in [1.165, 1.54) is 66.7 Å². The Morgan fingerprint density at radius 2 is 1.65 bits per heavy atom. The molecular formula is C24H20F2N2O8S. The largest absolute Gasteiger partial charge is 0.486 e. The quantitative estimate of drug-likeness (QED) is 0.398. The first kappa shape index (κ1) is 25.7. The van der Waals surface area contributed by atoms with Crippen LogP contribution in [0.2, 0.25) is 0 Å². The summed E-state index contributed by atoms with van der Waals surface area (Å²) in [7, 11) is -3.95. The standard InChI is InChI=1S/C24H20F2N2O8S/c25-24(26)36-19-4-2-1-3-18(19)27-22(29)14-35-23(30)15-5-7-16(8-6-15)28-37(31,32)17-9-10-20-21(13-17)34-12-11-33-20/h1-10,13,24,28H,11-12,14H2,(H,27,29). The molecule has 1 amide bonds. The van der Waals surface area contributed by atoms with Crippen LogP contribution in [0.1, 0.15) is 10.4 Å². The van der Waals surface area contributed by atoms with Gasteiger partial charge in [-0.2, -0.15) is 8.78 Å². The minimum atomic E-state index is -3.95. The van der Waals surface area contributed by atoms with E-state index in [-0.39, 0.29) is 27.6 Å². The van der Waals surface area contributed by atoms with Crippen LogP contribution in [-0.4, -0.2) is 46.7 Å². The number of hydrogen-bond donors (Lipinski definition) is 2. The van der Waals surface area contributed by atoms with E-state index in [9.17, 15) is 26.8 Å². The highest BCUT2D eigenvalue weighted by Crippen LogP contribution is 2.32. The molecule has 4 rings (SSSR count). The maximum absolute atomic E-state index is 12.7. The number of sulfonamides is 1. The van der Waals surface area contributed by atoms with Gasteiger partial charge >= 0.3 is 12.6 Å². The summed E-state index contributed by atoms with van der Waals surface area (Å²) in [5.41, 5.74) is 0.217. The molecule has 0 unspecified atom stereocenters. The summed E-state index contributed by atoms with van der Waals surface area (Å²) in [5, 5.41) is 2.32. The Hall–Kier alpha value is -4.39. The molecule has 0 aromatic heterocycles. The normalized spacial score (nSPS) is 12.5. The van der Waals surface area contributed by atoms with Crippen molar-refractivity contribution in [1.82, 2.24) is 0 Å². The molecule has 1 heterocycles. The molecule has 1 aliphatic heterocycles. The molecule has 0 bridgehead atoms. The van der Waals surface area contributed by atoms with Crippen LogP contribution in [0.25, 0.3) is 0 Å². The van der Waals surface area contributed by atoms with E-state index < -0.39 is 35.1 Å². The van der Waals surface area contributed by atoms with Gasteiger partial charge in [0.05, 0.1) is 16.1 Å². The van der Waals surface area contributed by atoms with Gasteiger partial charge in [0.25, 0.3) is 15.9 Å². The smallest absolute Gasteiger partial charge is 0.387 e. The molecule has 3 aromatic carbocycles. The molecule has 10 nitrogen and oxygen atoms in total. The molecule has 194 valence electrons. The molecule has 0 fully saturated rings. The van der Waals surface area contributed by atoms with Gasteiger partial charge in [0.2, 0.25) is 0 Å². The Morgan fingerprint density at radius 3 is 2.38 bits per heavy atom. The van der Waals surface area contributed by atoms with Gasteiger partial charge in [-0.05, 0) is 48.5 Å². The first-order valence-corrected chi connectivity index (χ1v) is 12.2. The van der Waals surface area contributed by atoms with Crippen LogP contribution in [0.3, 0.4) is 0 Å². The summed E-state index contributed by atoms with van der Waals surface area (Å²) in [4.78, 5) is 24.3. The van der Waals surface area contributed by atoms with E-state index in [1.54, 1.807) is 0 Å². The van der Waals surface area contributed by atoms with Gasteiger partial charge in [0.15, 0.2) is 18.1 Å². The summed E-state index contributed by atoms with van der Waals surface area (Å²) in [6.45, 7) is -3.09. The van der Waals surface area contributed by atoms with E-state index in [0.29, 0.717) is 24.7 Å². The number of rotatable bonds is 9. The first-order chi connectivity index (χ1) is 17.7. The molecule has 0 aliphatic carbocycles. The number of carbonyl (C=O) groups excluding carboxylic acids is 2. The van der Waals surface area contributed by atoms with Crippen LogP contribution in [0, 0.1) is 0 Å². The lowest BCUT2D eigenvalue weighted by Crippen LogP contribution is -2.21. The molecule has 0 radical (unpaired) electrons. The number of carbonyl (C=O) groups is 2. The Labute approximate surface area is 210 Å². The summed E-state index contributed by atoms with van der Waals surface area (Å²) in [6.07, 6.45) is 0. The lowest BCUT2D eigenvalue weighted by molar-refractivity contribution is -0.119. The first-order valence-electron chi connectivity index (χ1n) is 10.7. The molecule has 0 atom stereocenters. The van der Waals surface area contributed by atoms with Gasteiger partial charge in [-0.1, -0.05) is 12.1 Å². The molecule has 13 heteroatoms. The maximum atomic E-state index is 12.7. The predicted molar refractivity (Wildman–Crippen MR) is 127 cm³/mol. The number of hydrogen-bond acceptors (Lipinski definition) is 8. The second-order valence-electron chi connectivity index (χ2n) is 7.49. The third-order valence-electron chi connectivity index (χ3n) is 4.91. The van der Waals surface area contributed by atoms with Gasteiger partial charge in [0.1, 0.15) is 19.0 Å². The van der Waals surface area contributed by atoms with Crippen LogP contribution < -0.4 is 24.2 Å². The van der Waals surface area contributed by atoms with E-state index in [2.05, 4.69) is 14.8 Å². The predicted octanol–water partition coefficient (Wildman–Crippen LogP) is 3.66. The number of esters is 1. The summed E-state index contributed by atoms with van der Waals surface area (Å²) >= 11 is 0. The fourth-order valence-electron chi connectivity index (χ4n) is 3.25. The van der Waals surface area contributed by atoms with Crippen molar-refractivity contribution >= 4 is 33.3 Å². The van der Waals surface area contributed by atoms with Crippen molar-refractivity contribution in [1.29, 1.82) is 0 Å². The minimum absolute atomic E-state index is 0.0153. The highest BCUT2D eigenvalue weighted by molar-refractivity contribution is 7.92. The van der Waals surface area contributed by atoms with Gasteiger partial charge < -0.3 is 24.3 Å². The number of fused-ring (bicyclic) bond motifs is 1. The molecule has 0 spiro atoms. The summed E-state index contributed by atoms with van der Waals surface area (Å²) < 4.78 is 72.9. The number of halogens is 2. The van der Waals surface area contributed by atoms with Crippen LogP contribution in [0.5, 0.6) is 17.2 Å². The maximum Gasteiger partial charge on any atom is 0.387 e. The van der Waals surface area contributed by atoms with Crippen molar-refractivity contribution in [3.05, 3.63) is 72.3 Å². The van der Waals surface area contributed by atoms with E-state index >= 15 is 0 Å². The zero-order valence-electron chi connectivity index (χ0n) is 19.0. The van der Waals surface area contributed by atoms with Crippen LogP contribution in [0.15, 0.2) is 71.6 Å². The highest BCUT2D eigenvalue weighted by atomic mass is 32.2. The molecule has 2 N–H and O–H groups in total. The number of para-hydroxylation sites is 2. The van der Waals surface area contributed by atoms with E-state index in [4.69, 9.17) is 14.2 Å². The van der Waals surface area contributed by atoms with Gasteiger partial charge in [0, 0.05) is 11.8 Å². The second kappa shape index (κ2) is 11.1. The third kappa shape index (κ3) is 6.64. The number of ether oxygens (including phenoxy) is 4. The Balaban J connectivity index is 1.33. The number of nitrogens with one attached hydrogen (secondary N) is 2. The lowest BCUT2D eigenvalue weighted by atomic mass is 10.2. The van der Waals surface area contributed by atoms with Crippen molar-refractivity contribution in [3.63, 3.8) is 0 Å². The monoisotopic (exact) mass is 534 g/mol. The van der Waals surface area contributed by atoms with Crippen molar-refractivity contribution in [2.75, 3.05) is 29.9 Å². The second-order valence-corrected chi connectivity index (χ2v) is 9.17. The van der Waals surface area contributed by atoms with Crippen LogP contribution in [-0.2, 0) is 19.6 Å². The van der Waals surface area contributed by atoms with Crippen LogP contribution in [0.4, 0.5) is 20.2 Å². The fourth-order valence-corrected chi connectivity index (χ4v) is 4.32. The van der Waals surface area contributed by atoms with Gasteiger partial charge in [-0.3, -0.25) is 9.52 Å². The van der Waals surface area contributed by atoms with Crippen LogP contribution >= 0.6 is 0 Å². The lowest BCUT2D eigenvalue weighted by Gasteiger charge is -2.19. The number of anilines is 2. The van der Waals surface area contributed by atoms with Gasteiger partial charge in [-0.15, -0.1) is 0 Å². The molecule has 1 aliphatic rings. The topological polar surface area (TPSA) is 129 Å². The molecule has 3 aromatic rings. The summed E-state index contributed by atoms with van der Waals surface area (Å²) in [5.74, 6) is -1.10. The Kier molecular flexibility index (Phi) is 7.72. The molecule has 37 heavy (non-hydrogen) atoms. The molecular weight excluding hydrogens is 514 g/mol. The fraction of sp³-hybridized carbons (Fsp3) is 0.167. The van der Waals surface area contributed by atoms with Crippen molar-refractivity contribution in [2.24, 2.45) is 0 Å². The number of benzene rings is 3. The highest BCUT2D eigenvalue weighted by Gasteiger charge is 2.20. The molecule has 0 saturated heterocycles. The number of amides is 1. The van der Waals surface area contributed by atoms with Crippen molar-refractivity contribution in [2.45, 2.75) is 11.5 Å². The Morgan fingerprint density at radius 1 is 0.946 bits per heavy atom. The van der Waals surface area contributed by atoms with E-state index in [0.717, 1.165) is 0 Å². The van der Waals surface area contributed by atoms with Crippen molar-refractivity contribution < 1.29 is 45.7 Å². The minimum Gasteiger partial charge on any atom is -0.486 e. The van der Waals surface area contributed by atoms with Crippen molar-refractivity contribution in [3.8, 4) is 17.2 Å². The van der Waals surface area contributed by atoms with Gasteiger partial charge in [-0.25, -0.2) is 13.2 Å². The average Bonchev–Trinajstić information content (AvgIpc) is 2.88. The zero-order valence-corrected chi connectivity index (χ0v) is 19.8. The SMILES string of the molecule is O=C(COC(=O)c1ccc(NS(=O)(=O)c2ccc3c(c2)OCCO3)cc1)Nc1ccccc1OC(F)F. The number of alkyl halides is 2. The third-order valence-corrected chi connectivity index (χ3v) is 6.29. The average molecular weight is 534 g/mol.